The molecule has 2 aromatic rings. The summed E-state index contributed by atoms with van der Waals surface area (Å²) >= 11 is 0. The Hall–Kier alpha value is -1.84. The lowest BCUT2D eigenvalue weighted by molar-refractivity contribution is 0.301. The average Bonchev–Trinajstić information content (AvgIpc) is 2.82. The summed E-state index contributed by atoms with van der Waals surface area (Å²) in [6.45, 7) is 3.22. The first-order chi connectivity index (χ1) is 8.25. The van der Waals surface area contributed by atoms with Gasteiger partial charge >= 0.3 is 0 Å². The Morgan fingerprint density at radius 1 is 1.41 bits per heavy atom. The Kier molecular flexibility index (Phi) is 3.75. The molecule has 0 spiro atoms. The lowest BCUT2D eigenvalue weighted by Gasteiger charge is -2.07. The topological polar surface area (TPSA) is 27.1 Å². The highest BCUT2D eigenvalue weighted by molar-refractivity contribution is 5.28. The summed E-state index contributed by atoms with van der Waals surface area (Å²) in [5, 5.41) is 0. The number of ether oxygens (including phenoxy) is 1. The van der Waals surface area contributed by atoms with E-state index >= 15 is 0 Å². The van der Waals surface area contributed by atoms with Crippen molar-refractivity contribution in [1.82, 2.24) is 9.55 Å². The number of nitrogens with zero attached hydrogens (tertiary/aromatic N) is 2. The van der Waals surface area contributed by atoms with Gasteiger partial charge in [0.1, 0.15) is 11.6 Å². The van der Waals surface area contributed by atoms with E-state index in [0.29, 0.717) is 12.2 Å². The molecule has 1 aromatic heterocycles. The second-order valence-corrected chi connectivity index (χ2v) is 3.91. The molecule has 1 heterocycles. The highest BCUT2D eigenvalue weighted by Crippen LogP contribution is 2.15. The molecular weight excluding hydrogens is 219 g/mol. The van der Waals surface area contributed by atoms with Crippen LogP contribution < -0.4 is 4.74 Å². The molecule has 0 N–H and O–H groups in total. The van der Waals surface area contributed by atoms with Gasteiger partial charge in [-0.15, -0.1) is 0 Å². The van der Waals surface area contributed by atoms with E-state index in [9.17, 15) is 4.39 Å². The number of benzene rings is 1. The van der Waals surface area contributed by atoms with Crippen molar-refractivity contribution in [3.8, 4) is 5.75 Å². The maximum atomic E-state index is 13.0. The van der Waals surface area contributed by atoms with E-state index in [1.54, 1.807) is 31.6 Å². The van der Waals surface area contributed by atoms with Gasteiger partial charge in [-0.25, -0.2) is 9.37 Å². The van der Waals surface area contributed by atoms with Gasteiger partial charge in [-0.2, -0.15) is 0 Å². The summed E-state index contributed by atoms with van der Waals surface area (Å²) in [4.78, 5) is 3.96. The third-order valence-corrected chi connectivity index (χ3v) is 2.52. The third-order valence-electron chi connectivity index (χ3n) is 2.52. The molecule has 0 amide bonds. The van der Waals surface area contributed by atoms with Crippen molar-refractivity contribution in [2.24, 2.45) is 0 Å². The maximum Gasteiger partial charge on any atom is 0.126 e. The minimum atomic E-state index is -0.198. The highest BCUT2D eigenvalue weighted by Gasteiger charge is 1.99. The lowest BCUT2D eigenvalue weighted by atomic mass is 10.2. The van der Waals surface area contributed by atoms with Gasteiger partial charge in [-0.3, -0.25) is 0 Å². The van der Waals surface area contributed by atoms with Crippen molar-refractivity contribution in [3.05, 3.63) is 48.3 Å². The van der Waals surface area contributed by atoms with Gasteiger partial charge in [0.25, 0.3) is 0 Å². The molecule has 0 unspecified atom stereocenters. The van der Waals surface area contributed by atoms with Crippen LogP contribution in [0.3, 0.4) is 0 Å². The monoisotopic (exact) mass is 234 g/mol. The van der Waals surface area contributed by atoms with Crippen LogP contribution in [0.1, 0.15) is 12.0 Å². The van der Waals surface area contributed by atoms with E-state index in [-0.39, 0.29) is 5.82 Å². The predicted octanol–water partition coefficient (Wildman–Crippen LogP) is 2.80. The van der Waals surface area contributed by atoms with Crippen molar-refractivity contribution < 1.29 is 9.13 Å². The Labute approximate surface area is 99.9 Å². The van der Waals surface area contributed by atoms with Gasteiger partial charge in [-0.1, -0.05) is 0 Å². The molecule has 0 saturated carbocycles. The zero-order valence-electron chi connectivity index (χ0n) is 9.77. The zero-order chi connectivity index (χ0) is 12.1. The van der Waals surface area contributed by atoms with E-state index in [0.717, 1.165) is 18.7 Å². The summed E-state index contributed by atoms with van der Waals surface area (Å²) in [5.41, 5.74) is 0.608. The van der Waals surface area contributed by atoms with Gasteiger partial charge in [0.05, 0.1) is 12.9 Å². The van der Waals surface area contributed by atoms with E-state index < -0.39 is 0 Å². The van der Waals surface area contributed by atoms with Gasteiger partial charge in [0.2, 0.25) is 0 Å². The molecule has 0 aliphatic heterocycles. The Morgan fingerprint density at radius 3 is 3.00 bits per heavy atom. The molecule has 0 fully saturated rings. The number of hydrogen-bond acceptors (Lipinski definition) is 2. The maximum absolute atomic E-state index is 13.0. The molecule has 3 nitrogen and oxygen atoms in total. The minimum absolute atomic E-state index is 0.198. The molecule has 1 aromatic carbocycles. The van der Waals surface area contributed by atoms with Crippen LogP contribution in [0.25, 0.3) is 0 Å². The number of halogens is 1. The fourth-order valence-electron chi connectivity index (χ4n) is 1.56. The van der Waals surface area contributed by atoms with Crippen molar-refractivity contribution in [2.45, 2.75) is 19.9 Å². The summed E-state index contributed by atoms with van der Waals surface area (Å²) in [6, 6.07) is 4.80. The number of hydrogen-bond donors (Lipinski definition) is 0. The normalized spacial score (nSPS) is 10.5. The van der Waals surface area contributed by atoms with Crippen LogP contribution in [-0.4, -0.2) is 16.2 Å². The smallest absolute Gasteiger partial charge is 0.126 e. The fraction of sp³-hybridized carbons (Fsp3) is 0.308. The molecule has 0 radical (unpaired) electrons. The van der Waals surface area contributed by atoms with Gasteiger partial charge in [-0.05, 0) is 37.1 Å². The first kappa shape index (κ1) is 11.6. The number of aromatic nitrogens is 2. The predicted molar refractivity (Wildman–Crippen MR) is 63.5 cm³/mol. The summed E-state index contributed by atoms with van der Waals surface area (Å²) in [7, 11) is 0. The van der Waals surface area contributed by atoms with Crippen LogP contribution in [0.4, 0.5) is 4.39 Å². The largest absolute Gasteiger partial charge is 0.494 e. The molecule has 0 aliphatic carbocycles. The van der Waals surface area contributed by atoms with E-state index in [2.05, 4.69) is 4.98 Å². The lowest BCUT2D eigenvalue weighted by Crippen LogP contribution is -2.03. The molecule has 0 aliphatic rings. The molecule has 4 heteroatoms. The Bertz CT molecular complexity index is 468. The van der Waals surface area contributed by atoms with E-state index in [1.165, 1.54) is 6.07 Å². The molecule has 17 heavy (non-hydrogen) atoms. The molecule has 0 saturated heterocycles. The first-order valence-electron chi connectivity index (χ1n) is 5.60. The molecule has 90 valence electrons. The number of aryl methyl sites for hydroxylation is 2. The van der Waals surface area contributed by atoms with Crippen molar-refractivity contribution in [3.63, 3.8) is 0 Å². The SMILES string of the molecule is Cc1cc(OCCCn2ccnc2)ccc1F. The number of imidazole rings is 1. The van der Waals surface area contributed by atoms with Crippen LogP contribution >= 0.6 is 0 Å². The van der Waals surface area contributed by atoms with Gasteiger partial charge in [0.15, 0.2) is 0 Å². The van der Waals surface area contributed by atoms with E-state index in [1.807, 2.05) is 10.8 Å². The summed E-state index contributed by atoms with van der Waals surface area (Å²) < 4.78 is 20.5. The van der Waals surface area contributed by atoms with Crippen LogP contribution in [0.15, 0.2) is 36.9 Å². The van der Waals surface area contributed by atoms with Crippen LogP contribution in [0.2, 0.25) is 0 Å². The summed E-state index contributed by atoms with van der Waals surface area (Å²) in [5.74, 6) is 0.519. The molecule has 0 bridgehead atoms. The Morgan fingerprint density at radius 2 is 2.29 bits per heavy atom. The average molecular weight is 234 g/mol. The first-order valence-corrected chi connectivity index (χ1v) is 5.60. The molecule has 0 atom stereocenters. The number of rotatable bonds is 5. The van der Waals surface area contributed by atoms with Crippen molar-refractivity contribution >= 4 is 0 Å². The van der Waals surface area contributed by atoms with Crippen LogP contribution in [-0.2, 0) is 6.54 Å². The fourth-order valence-corrected chi connectivity index (χ4v) is 1.56. The van der Waals surface area contributed by atoms with Crippen molar-refractivity contribution in [1.29, 1.82) is 0 Å². The quantitative estimate of drug-likeness (QED) is 0.744. The summed E-state index contributed by atoms with van der Waals surface area (Å²) in [6.07, 6.45) is 6.35. The second kappa shape index (κ2) is 5.48. The van der Waals surface area contributed by atoms with Crippen LogP contribution in [0, 0.1) is 12.7 Å². The van der Waals surface area contributed by atoms with Crippen LogP contribution in [0.5, 0.6) is 5.75 Å². The molecule has 2 rings (SSSR count). The van der Waals surface area contributed by atoms with Gasteiger partial charge in [0, 0.05) is 18.9 Å². The minimum Gasteiger partial charge on any atom is -0.494 e. The van der Waals surface area contributed by atoms with Gasteiger partial charge < -0.3 is 9.30 Å². The standard InChI is InChI=1S/C13H15FN2O/c1-11-9-12(3-4-13(11)14)17-8-2-6-16-7-5-15-10-16/h3-5,7,9-10H,2,6,8H2,1H3. The highest BCUT2D eigenvalue weighted by atomic mass is 19.1. The van der Waals surface area contributed by atoms with E-state index in [4.69, 9.17) is 4.74 Å². The molecular formula is C13H15FN2O. The zero-order valence-corrected chi connectivity index (χ0v) is 9.77. The Balaban J connectivity index is 1.76. The van der Waals surface area contributed by atoms with Crippen molar-refractivity contribution in [2.75, 3.05) is 6.61 Å². The third kappa shape index (κ3) is 3.31. The second-order valence-electron chi connectivity index (χ2n) is 3.91.